The molecule has 0 saturated carbocycles. The Hall–Kier alpha value is -1.11. The van der Waals surface area contributed by atoms with E-state index in [-0.39, 0.29) is 18.2 Å². The van der Waals surface area contributed by atoms with E-state index in [4.69, 9.17) is 4.74 Å². The Morgan fingerprint density at radius 2 is 1.84 bits per heavy atom. The van der Waals surface area contributed by atoms with Crippen molar-refractivity contribution in [3.8, 4) is 0 Å². The summed E-state index contributed by atoms with van der Waals surface area (Å²) in [7, 11) is 1.57. The molecule has 19 heavy (non-hydrogen) atoms. The van der Waals surface area contributed by atoms with E-state index in [1.807, 2.05) is 6.92 Å². The number of methoxy groups -OCH3 is 1. The molecule has 0 aromatic heterocycles. The maximum Gasteiger partial charge on any atom is 0.194 e. The van der Waals surface area contributed by atoms with Gasteiger partial charge in [-0.3, -0.25) is 0 Å². The first-order chi connectivity index (χ1) is 8.99. The highest BCUT2D eigenvalue weighted by Crippen LogP contribution is 2.20. The van der Waals surface area contributed by atoms with Crippen molar-refractivity contribution in [2.75, 3.05) is 20.3 Å². The van der Waals surface area contributed by atoms with Crippen molar-refractivity contribution in [1.29, 1.82) is 0 Å². The average molecular weight is 277 g/mol. The minimum absolute atomic E-state index is 0.0201. The van der Waals surface area contributed by atoms with Gasteiger partial charge in [-0.25, -0.2) is 13.2 Å². The Morgan fingerprint density at radius 3 is 2.32 bits per heavy atom. The van der Waals surface area contributed by atoms with Crippen molar-refractivity contribution in [2.45, 2.75) is 25.4 Å². The molecule has 2 N–H and O–H groups in total. The molecule has 1 rings (SSSR count). The fraction of sp³-hybridized carbons (Fsp3) is 0.538. The van der Waals surface area contributed by atoms with Gasteiger partial charge in [-0.15, -0.1) is 0 Å². The standard InChI is InChI=1S/C13H18F3NO2/c1-8(3-4-19-2)17-12(7-18)9-5-10(14)13(16)11(15)6-9/h5-6,8,12,17-18H,3-4,7H2,1-2H3. The minimum Gasteiger partial charge on any atom is -0.394 e. The molecule has 108 valence electrons. The van der Waals surface area contributed by atoms with Gasteiger partial charge in [0.15, 0.2) is 17.5 Å². The molecular weight excluding hydrogens is 259 g/mol. The lowest BCUT2D eigenvalue weighted by molar-refractivity contribution is 0.175. The highest BCUT2D eigenvalue weighted by Gasteiger charge is 2.18. The molecule has 0 amide bonds. The first-order valence-electron chi connectivity index (χ1n) is 5.99. The van der Waals surface area contributed by atoms with E-state index < -0.39 is 23.5 Å². The molecule has 0 bridgehead atoms. The summed E-state index contributed by atoms with van der Waals surface area (Å²) in [5.74, 6) is -4.03. The Kier molecular flexibility index (Phi) is 6.27. The predicted molar refractivity (Wildman–Crippen MR) is 65.2 cm³/mol. The maximum atomic E-state index is 13.1. The first kappa shape index (κ1) is 15.9. The van der Waals surface area contributed by atoms with E-state index in [1.54, 1.807) is 7.11 Å². The van der Waals surface area contributed by atoms with Gasteiger partial charge in [0.25, 0.3) is 0 Å². The number of aliphatic hydroxyl groups excluding tert-OH is 1. The van der Waals surface area contributed by atoms with Crippen molar-refractivity contribution in [1.82, 2.24) is 5.32 Å². The fourth-order valence-electron chi connectivity index (χ4n) is 1.75. The molecule has 0 aliphatic carbocycles. The maximum absolute atomic E-state index is 13.1. The van der Waals surface area contributed by atoms with Crippen LogP contribution in [0.25, 0.3) is 0 Å². The van der Waals surface area contributed by atoms with E-state index in [0.717, 1.165) is 12.1 Å². The molecule has 1 aromatic carbocycles. The highest BCUT2D eigenvalue weighted by atomic mass is 19.2. The number of benzene rings is 1. The summed E-state index contributed by atoms with van der Waals surface area (Å²) >= 11 is 0. The molecule has 2 unspecified atom stereocenters. The van der Waals surface area contributed by atoms with Crippen LogP contribution in [-0.4, -0.2) is 31.5 Å². The second kappa shape index (κ2) is 7.47. The van der Waals surface area contributed by atoms with Crippen molar-refractivity contribution in [3.05, 3.63) is 35.1 Å². The fourth-order valence-corrected chi connectivity index (χ4v) is 1.75. The van der Waals surface area contributed by atoms with Gasteiger partial charge in [-0.1, -0.05) is 0 Å². The zero-order valence-corrected chi connectivity index (χ0v) is 10.9. The Morgan fingerprint density at radius 1 is 1.26 bits per heavy atom. The zero-order chi connectivity index (χ0) is 14.4. The lowest BCUT2D eigenvalue weighted by Crippen LogP contribution is -2.33. The van der Waals surface area contributed by atoms with Crippen molar-refractivity contribution < 1.29 is 23.0 Å². The summed E-state index contributed by atoms with van der Waals surface area (Å²) in [5.41, 5.74) is 0.170. The number of hydrogen-bond acceptors (Lipinski definition) is 3. The number of hydrogen-bond donors (Lipinski definition) is 2. The van der Waals surface area contributed by atoms with Crippen LogP contribution in [0.5, 0.6) is 0 Å². The number of rotatable bonds is 7. The monoisotopic (exact) mass is 277 g/mol. The van der Waals surface area contributed by atoms with Gasteiger partial charge in [0.1, 0.15) is 0 Å². The largest absolute Gasteiger partial charge is 0.394 e. The second-order valence-electron chi connectivity index (χ2n) is 4.38. The lowest BCUT2D eigenvalue weighted by Gasteiger charge is -2.22. The summed E-state index contributed by atoms with van der Waals surface area (Å²) in [5, 5.41) is 12.3. The van der Waals surface area contributed by atoms with Crippen LogP contribution in [0.1, 0.15) is 24.9 Å². The Labute approximate surface area is 110 Å². The molecule has 0 aliphatic heterocycles. The molecule has 6 heteroatoms. The Balaban J connectivity index is 2.79. The van der Waals surface area contributed by atoms with Crippen LogP contribution in [-0.2, 0) is 4.74 Å². The number of ether oxygens (including phenoxy) is 1. The van der Waals surface area contributed by atoms with Crippen molar-refractivity contribution >= 4 is 0 Å². The average Bonchev–Trinajstić information content (AvgIpc) is 2.39. The smallest absolute Gasteiger partial charge is 0.194 e. The topological polar surface area (TPSA) is 41.5 Å². The quantitative estimate of drug-likeness (QED) is 0.750. The number of halogens is 3. The molecule has 0 aliphatic rings. The molecule has 0 saturated heterocycles. The van der Waals surface area contributed by atoms with Crippen molar-refractivity contribution in [2.24, 2.45) is 0 Å². The number of aliphatic hydroxyl groups is 1. The normalized spacial score (nSPS) is 14.4. The summed E-state index contributed by atoms with van der Waals surface area (Å²) in [4.78, 5) is 0. The Bertz CT molecular complexity index is 392. The third-order valence-corrected chi connectivity index (χ3v) is 2.83. The van der Waals surface area contributed by atoms with E-state index in [1.165, 1.54) is 0 Å². The van der Waals surface area contributed by atoms with Gasteiger partial charge >= 0.3 is 0 Å². The summed E-state index contributed by atoms with van der Waals surface area (Å²) in [6.07, 6.45) is 0.680. The lowest BCUT2D eigenvalue weighted by atomic mass is 10.1. The molecule has 1 aromatic rings. The van der Waals surface area contributed by atoms with Gasteiger partial charge in [0, 0.05) is 19.8 Å². The van der Waals surface area contributed by atoms with Gasteiger partial charge in [-0.05, 0) is 31.0 Å². The van der Waals surface area contributed by atoms with Crippen LogP contribution in [0.3, 0.4) is 0 Å². The summed E-state index contributed by atoms with van der Waals surface area (Å²) in [6, 6.07) is 1.09. The molecule has 0 fully saturated rings. The zero-order valence-electron chi connectivity index (χ0n) is 10.9. The highest BCUT2D eigenvalue weighted by molar-refractivity contribution is 5.23. The summed E-state index contributed by atoms with van der Waals surface area (Å²) < 4.78 is 44.0. The van der Waals surface area contributed by atoms with Gasteiger partial charge in [-0.2, -0.15) is 0 Å². The molecule has 0 spiro atoms. The third-order valence-electron chi connectivity index (χ3n) is 2.83. The van der Waals surface area contributed by atoms with Crippen molar-refractivity contribution in [3.63, 3.8) is 0 Å². The summed E-state index contributed by atoms with van der Waals surface area (Å²) in [6.45, 7) is 2.04. The molecule has 3 nitrogen and oxygen atoms in total. The molecular formula is C13H18F3NO2. The van der Waals surface area contributed by atoms with Crippen LogP contribution in [0.2, 0.25) is 0 Å². The molecule has 2 atom stereocenters. The predicted octanol–water partition coefficient (Wildman–Crippen LogP) is 2.15. The van der Waals surface area contributed by atoms with Crippen LogP contribution in [0.15, 0.2) is 12.1 Å². The van der Waals surface area contributed by atoms with E-state index in [0.29, 0.717) is 13.0 Å². The minimum atomic E-state index is -1.51. The molecule has 0 radical (unpaired) electrons. The first-order valence-corrected chi connectivity index (χ1v) is 5.99. The van der Waals surface area contributed by atoms with E-state index in [2.05, 4.69) is 5.32 Å². The molecule has 0 heterocycles. The van der Waals surface area contributed by atoms with Gasteiger partial charge in [0.2, 0.25) is 0 Å². The van der Waals surface area contributed by atoms with Crippen LogP contribution < -0.4 is 5.32 Å². The van der Waals surface area contributed by atoms with Crippen LogP contribution in [0.4, 0.5) is 13.2 Å². The van der Waals surface area contributed by atoms with Crippen LogP contribution in [0, 0.1) is 17.5 Å². The third kappa shape index (κ3) is 4.49. The van der Waals surface area contributed by atoms with Gasteiger partial charge < -0.3 is 15.2 Å². The van der Waals surface area contributed by atoms with Crippen LogP contribution >= 0.6 is 0 Å². The van der Waals surface area contributed by atoms with Gasteiger partial charge in [0.05, 0.1) is 12.6 Å². The second-order valence-corrected chi connectivity index (χ2v) is 4.38. The number of nitrogens with one attached hydrogen (secondary N) is 1. The SMILES string of the molecule is COCCC(C)NC(CO)c1cc(F)c(F)c(F)c1. The van der Waals surface area contributed by atoms with E-state index >= 15 is 0 Å². The van der Waals surface area contributed by atoms with E-state index in [9.17, 15) is 18.3 Å².